The van der Waals surface area contributed by atoms with Gasteiger partial charge in [-0.15, -0.1) is 0 Å². The average Bonchev–Trinajstić information content (AvgIpc) is 3.94. The third-order valence-corrected chi connectivity index (χ3v) is 9.41. The van der Waals surface area contributed by atoms with Gasteiger partial charge in [0, 0.05) is 57.4 Å². The molecule has 0 bridgehead atoms. The highest BCUT2D eigenvalue weighted by molar-refractivity contribution is 6.04. The van der Waals surface area contributed by atoms with Crippen LogP contribution in [0.1, 0.15) is 73.3 Å². The largest absolute Gasteiger partial charge is 0.494 e. The highest BCUT2D eigenvalue weighted by Gasteiger charge is 2.23. The molecule has 0 aliphatic carbocycles. The number of hydrogen-bond donors (Lipinski definition) is 4. The number of rotatable bonds is 16. The number of aliphatic hydroxyl groups excluding tert-OH is 1. The maximum atomic E-state index is 13.7. The van der Waals surface area contributed by atoms with E-state index in [1.807, 2.05) is 26.0 Å². The van der Waals surface area contributed by atoms with E-state index < -0.39 is 23.6 Å². The second kappa shape index (κ2) is 17.0. The van der Waals surface area contributed by atoms with Gasteiger partial charge in [0.15, 0.2) is 0 Å². The molecule has 0 saturated carbocycles. The third-order valence-electron chi connectivity index (χ3n) is 9.41. The van der Waals surface area contributed by atoms with Crippen molar-refractivity contribution in [3.05, 3.63) is 88.1 Å². The number of ether oxygens (including phenoxy) is 2. The predicted molar refractivity (Wildman–Crippen MR) is 214 cm³/mol. The Balaban J connectivity index is 1.46. The van der Waals surface area contributed by atoms with E-state index in [-0.39, 0.29) is 54.7 Å². The Hall–Kier alpha value is -7.02. The fourth-order valence-electron chi connectivity index (χ4n) is 6.72. The lowest BCUT2D eigenvalue weighted by atomic mass is 10.1. The molecule has 0 atom stereocenters. The molecule has 19 nitrogen and oxygen atoms in total. The molecule has 4 heterocycles. The summed E-state index contributed by atoms with van der Waals surface area (Å²) in [4.78, 5) is 61.3. The van der Waals surface area contributed by atoms with Gasteiger partial charge in [0.1, 0.15) is 33.9 Å². The normalized spacial score (nSPS) is 11.9. The molecule has 19 heteroatoms. The number of aryl methyl sites for hydroxylation is 5. The molecular weight excluding hydrogens is 749 g/mol. The van der Waals surface area contributed by atoms with Crippen LogP contribution in [0.4, 0.5) is 5.95 Å². The van der Waals surface area contributed by atoms with Crippen LogP contribution in [0.3, 0.4) is 0 Å². The molecule has 6 aromatic rings. The summed E-state index contributed by atoms with van der Waals surface area (Å²) in [5, 5.41) is 21.1. The van der Waals surface area contributed by atoms with Gasteiger partial charge in [-0.1, -0.05) is 12.2 Å². The van der Waals surface area contributed by atoms with Crippen molar-refractivity contribution >= 4 is 51.6 Å². The van der Waals surface area contributed by atoms with Crippen molar-refractivity contribution in [3.63, 3.8) is 0 Å². The number of carbonyl (C=O) groups excluding carboxylic acids is 4. The molecule has 4 amide bonds. The zero-order valence-corrected chi connectivity index (χ0v) is 33.1. The van der Waals surface area contributed by atoms with Crippen LogP contribution in [0.25, 0.3) is 22.1 Å². The Morgan fingerprint density at radius 3 is 2.07 bits per heavy atom. The summed E-state index contributed by atoms with van der Waals surface area (Å²) in [6.45, 7) is 8.58. The third kappa shape index (κ3) is 7.97. The number of imidazole rings is 2. The number of hydrogen-bond acceptors (Lipinski definition) is 10. The number of anilines is 1. The van der Waals surface area contributed by atoms with Crippen molar-refractivity contribution in [2.45, 2.75) is 60.3 Å². The number of primary amides is 2. The van der Waals surface area contributed by atoms with Crippen LogP contribution in [0.15, 0.2) is 53.5 Å². The van der Waals surface area contributed by atoms with E-state index in [0.717, 1.165) is 0 Å². The van der Waals surface area contributed by atoms with Crippen molar-refractivity contribution in [2.24, 2.45) is 23.5 Å². The molecule has 4 aromatic heterocycles. The number of nitrogens with one attached hydrogen (secondary N) is 1. The fraction of sp³-hybridized carbons (Fsp3) is 0.333. The van der Waals surface area contributed by atoms with Crippen molar-refractivity contribution in [2.75, 3.05) is 25.6 Å². The molecule has 58 heavy (non-hydrogen) atoms. The van der Waals surface area contributed by atoms with Gasteiger partial charge < -0.3 is 39.7 Å². The Kier molecular flexibility index (Phi) is 11.9. The molecule has 0 saturated heterocycles. The van der Waals surface area contributed by atoms with E-state index in [4.69, 9.17) is 25.9 Å². The first-order valence-electron chi connectivity index (χ1n) is 18.6. The summed E-state index contributed by atoms with van der Waals surface area (Å²) in [6, 6.07) is 9.51. The van der Waals surface area contributed by atoms with Gasteiger partial charge in [-0.25, -0.2) is 4.98 Å². The molecule has 0 aliphatic heterocycles. The minimum atomic E-state index is -0.698. The Labute approximate surface area is 332 Å². The Bertz CT molecular complexity index is 2670. The SMILES string of the molecule is CCn1nc(C)cc1C(=O)/N=c1\n(C)c2cc(C(N)=O)cc(OC)c2n1C/C=C/Cn1c(NC(=O)c2cc(C)nn2CC)nc2cc(C(N)=O)cc(OCCCO)c21. The maximum Gasteiger partial charge on any atom is 0.298 e. The number of aromatic nitrogens is 8. The molecule has 2 aromatic carbocycles. The summed E-state index contributed by atoms with van der Waals surface area (Å²) < 4.78 is 20.1. The maximum absolute atomic E-state index is 13.7. The zero-order chi connectivity index (χ0) is 41.8. The number of nitrogens with two attached hydrogens (primary N) is 2. The van der Waals surface area contributed by atoms with Crippen LogP contribution in [0.2, 0.25) is 0 Å². The van der Waals surface area contributed by atoms with E-state index in [9.17, 15) is 24.3 Å². The van der Waals surface area contributed by atoms with Crippen LogP contribution in [-0.2, 0) is 33.2 Å². The van der Waals surface area contributed by atoms with Gasteiger partial charge in [-0.2, -0.15) is 15.2 Å². The minimum absolute atomic E-state index is 0.116. The molecular formula is C39H46N12O7. The van der Waals surface area contributed by atoms with E-state index >= 15 is 0 Å². The van der Waals surface area contributed by atoms with Gasteiger partial charge in [0.25, 0.3) is 11.8 Å². The van der Waals surface area contributed by atoms with E-state index in [0.29, 0.717) is 70.1 Å². The fourth-order valence-corrected chi connectivity index (χ4v) is 6.72. The van der Waals surface area contributed by atoms with Crippen LogP contribution in [0.5, 0.6) is 11.5 Å². The smallest absolute Gasteiger partial charge is 0.298 e. The standard InChI is InChI=1S/C39H46N12O7/c1-7-50-28(16-22(3)45-50)36(55)43-38-42-26-18-24(34(40)53)21-31(58-15-11-14-52)32(26)48(38)12-9-10-13-49-33-27(19-25(35(41)54)20-30(33)57-6)47(5)39(49)44-37(56)29-17-23(4)46-51(29)8-2/h9-10,16-21,52H,7-8,11-15H2,1-6H3,(H2,40,53)(H2,41,54)(H,42,43,55)/b10-9+,44-39+. The molecule has 0 unspecified atom stereocenters. The molecule has 6 rings (SSSR count). The van der Waals surface area contributed by atoms with Crippen molar-refractivity contribution in [1.29, 1.82) is 0 Å². The average molecular weight is 795 g/mol. The first kappa shape index (κ1) is 40.6. The molecule has 304 valence electrons. The molecule has 0 spiro atoms. The second-order valence-electron chi connectivity index (χ2n) is 13.4. The summed E-state index contributed by atoms with van der Waals surface area (Å²) in [6.07, 6.45) is 3.99. The molecule has 0 radical (unpaired) electrons. The monoisotopic (exact) mass is 794 g/mol. The van der Waals surface area contributed by atoms with Gasteiger partial charge in [-0.3, -0.25) is 33.9 Å². The quantitative estimate of drug-likeness (QED) is 0.0824. The highest BCUT2D eigenvalue weighted by Crippen LogP contribution is 2.32. The van der Waals surface area contributed by atoms with Gasteiger partial charge in [0.2, 0.25) is 23.4 Å². The Morgan fingerprint density at radius 2 is 1.45 bits per heavy atom. The number of allylic oxidation sites excluding steroid dienone is 2. The highest BCUT2D eigenvalue weighted by atomic mass is 16.5. The lowest BCUT2D eigenvalue weighted by molar-refractivity contribution is 0.0980. The van der Waals surface area contributed by atoms with Crippen molar-refractivity contribution in [1.82, 2.24) is 38.2 Å². The van der Waals surface area contributed by atoms with Crippen LogP contribution >= 0.6 is 0 Å². The minimum Gasteiger partial charge on any atom is -0.494 e. The van der Waals surface area contributed by atoms with Crippen molar-refractivity contribution < 1.29 is 33.8 Å². The van der Waals surface area contributed by atoms with Gasteiger partial charge in [-0.05, 0) is 64.1 Å². The van der Waals surface area contributed by atoms with E-state index in [1.54, 1.807) is 62.2 Å². The molecule has 0 fully saturated rings. The molecule has 6 N–H and O–H groups in total. The zero-order valence-electron chi connectivity index (χ0n) is 33.1. The number of amides is 4. The lowest BCUT2D eigenvalue weighted by Crippen LogP contribution is -2.26. The summed E-state index contributed by atoms with van der Waals surface area (Å²) in [7, 11) is 3.19. The van der Waals surface area contributed by atoms with Crippen molar-refractivity contribution in [3.8, 4) is 11.5 Å². The number of nitrogens with zero attached hydrogens (tertiary/aromatic N) is 9. The topological polar surface area (TPSA) is 247 Å². The first-order valence-corrected chi connectivity index (χ1v) is 18.6. The van der Waals surface area contributed by atoms with E-state index in [2.05, 4.69) is 20.5 Å². The second-order valence-corrected chi connectivity index (χ2v) is 13.4. The lowest BCUT2D eigenvalue weighted by Gasteiger charge is -2.13. The van der Waals surface area contributed by atoms with Crippen LogP contribution in [0, 0.1) is 13.8 Å². The number of aliphatic hydroxyl groups is 1. The van der Waals surface area contributed by atoms with E-state index in [1.165, 1.54) is 25.3 Å². The Morgan fingerprint density at radius 1 is 0.845 bits per heavy atom. The number of methoxy groups -OCH3 is 1. The predicted octanol–water partition coefficient (Wildman–Crippen LogP) is 2.60. The number of benzene rings is 2. The van der Waals surface area contributed by atoms with Crippen LogP contribution < -0.4 is 31.9 Å². The summed E-state index contributed by atoms with van der Waals surface area (Å²) in [5.41, 5.74) is 15.8. The van der Waals surface area contributed by atoms with Crippen LogP contribution in [-0.4, -0.2) is 87.3 Å². The van der Waals surface area contributed by atoms with Gasteiger partial charge in [0.05, 0.1) is 36.1 Å². The van der Waals surface area contributed by atoms with Gasteiger partial charge >= 0.3 is 0 Å². The summed E-state index contributed by atoms with van der Waals surface area (Å²) >= 11 is 0. The number of carbonyl (C=O) groups is 4. The first-order chi connectivity index (χ1) is 27.8. The summed E-state index contributed by atoms with van der Waals surface area (Å²) in [5.74, 6) is -1.56. The number of fused-ring (bicyclic) bond motifs is 2. The molecule has 0 aliphatic rings.